The van der Waals surface area contributed by atoms with Gasteiger partial charge in [-0.2, -0.15) is 5.26 Å². The molecule has 5 rings (SSSR count). The van der Waals surface area contributed by atoms with Gasteiger partial charge >= 0.3 is 0 Å². The second-order valence-corrected chi connectivity index (χ2v) is 7.39. The number of nitrogens with one attached hydrogen (secondary N) is 1. The Bertz CT molecular complexity index is 1230. The van der Waals surface area contributed by atoms with E-state index in [1.54, 1.807) is 6.20 Å². The van der Waals surface area contributed by atoms with Crippen molar-refractivity contribution in [3.05, 3.63) is 48.9 Å². The Hall–Kier alpha value is -3.66. The number of carbonyl (C=O) groups excluding carboxylic acids is 1. The van der Waals surface area contributed by atoms with Crippen molar-refractivity contribution >= 4 is 27.8 Å². The average Bonchev–Trinajstić information content (AvgIpc) is 3.39. The zero-order valence-electron chi connectivity index (χ0n) is 15.9. The summed E-state index contributed by atoms with van der Waals surface area (Å²) in [4.78, 5) is 26.5. The molecule has 7 heteroatoms. The van der Waals surface area contributed by atoms with Crippen molar-refractivity contribution in [2.24, 2.45) is 0 Å². The van der Waals surface area contributed by atoms with E-state index in [1.807, 2.05) is 47.6 Å². The average molecular weight is 384 g/mol. The summed E-state index contributed by atoms with van der Waals surface area (Å²) >= 11 is 0. The van der Waals surface area contributed by atoms with E-state index in [0.717, 1.165) is 46.2 Å². The predicted octanol–water partition coefficient (Wildman–Crippen LogP) is 3.66. The second-order valence-electron chi connectivity index (χ2n) is 7.39. The summed E-state index contributed by atoms with van der Waals surface area (Å²) in [5, 5.41) is 11.0. The van der Waals surface area contributed by atoms with Gasteiger partial charge in [0.1, 0.15) is 12.1 Å². The van der Waals surface area contributed by atoms with Crippen LogP contribution in [-0.4, -0.2) is 43.4 Å². The van der Waals surface area contributed by atoms with Gasteiger partial charge < -0.3 is 14.5 Å². The highest BCUT2D eigenvalue weighted by molar-refractivity contribution is 6.04. The van der Waals surface area contributed by atoms with Crippen molar-refractivity contribution < 1.29 is 4.79 Å². The molecular formula is C22H20N6O. The number of hydrogen-bond donors (Lipinski definition) is 1. The number of nitrogens with zero attached hydrogens (tertiary/aromatic N) is 5. The minimum absolute atomic E-state index is 0.0712. The number of pyridine rings is 2. The first-order valence-corrected chi connectivity index (χ1v) is 9.79. The third kappa shape index (κ3) is 2.93. The molecule has 5 heterocycles. The van der Waals surface area contributed by atoms with Crippen LogP contribution in [-0.2, 0) is 4.79 Å². The summed E-state index contributed by atoms with van der Waals surface area (Å²) < 4.78 is 2.32. The summed E-state index contributed by atoms with van der Waals surface area (Å²) in [6.07, 6.45) is 7.39. The quantitative estimate of drug-likeness (QED) is 0.584. The summed E-state index contributed by atoms with van der Waals surface area (Å²) in [5.41, 5.74) is 3.87. The maximum absolute atomic E-state index is 12.4. The van der Waals surface area contributed by atoms with Gasteiger partial charge in [-0.1, -0.05) is 6.07 Å². The lowest BCUT2D eigenvalue weighted by molar-refractivity contribution is -0.131. The van der Waals surface area contributed by atoms with Gasteiger partial charge in [-0.3, -0.25) is 9.78 Å². The molecule has 4 aromatic rings. The maximum atomic E-state index is 12.4. The van der Waals surface area contributed by atoms with E-state index >= 15 is 0 Å². The van der Waals surface area contributed by atoms with Gasteiger partial charge in [0.25, 0.3) is 0 Å². The molecular weight excluding hydrogens is 364 g/mol. The fourth-order valence-electron chi connectivity index (χ4n) is 4.38. The lowest BCUT2D eigenvalue weighted by atomic mass is 10.0. The summed E-state index contributed by atoms with van der Waals surface area (Å²) in [7, 11) is 0. The fourth-order valence-corrected chi connectivity index (χ4v) is 4.38. The molecule has 1 atom stereocenters. The van der Waals surface area contributed by atoms with E-state index in [-0.39, 0.29) is 18.4 Å². The van der Waals surface area contributed by atoms with Crippen LogP contribution in [0.3, 0.4) is 0 Å². The Labute approximate surface area is 167 Å². The van der Waals surface area contributed by atoms with Crippen LogP contribution in [0, 0.1) is 11.3 Å². The SMILES string of the molecule is N#CCC(=O)N1CCC[C@H](n2c(-c3ccccn3)cc3cnc4[nH]ccc4c32)C1. The van der Waals surface area contributed by atoms with E-state index < -0.39 is 0 Å². The Kier molecular flexibility index (Phi) is 4.24. The molecule has 0 spiro atoms. The molecule has 0 aliphatic carbocycles. The van der Waals surface area contributed by atoms with Crippen LogP contribution in [0.15, 0.2) is 48.9 Å². The molecule has 0 bridgehead atoms. The molecule has 1 aliphatic rings. The molecule has 1 N–H and O–H groups in total. The van der Waals surface area contributed by atoms with Crippen molar-refractivity contribution in [2.45, 2.75) is 25.3 Å². The zero-order valence-corrected chi connectivity index (χ0v) is 15.9. The Morgan fingerprint density at radius 1 is 1.31 bits per heavy atom. The van der Waals surface area contributed by atoms with E-state index in [4.69, 9.17) is 5.26 Å². The molecule has 4 aromatic heterocycles. The van der Waals surface area contributed by atoms with Gasteiger partial charge in [0.2, 0.25) is 5.91 Å². The van der Waals surface area contributed by atoms with Gasteiger partial charge in [0.15, 0.2) is 0 Å². The molecule has 144 valence electrons. The Morgan fingerprint density at radius 2 is 2.24 bits per heavy atom. The highest BCUT2D eigenvalue weighted by atomic mass is 16.2. The van der Waals surface area contributed by atoms with E-state index in [2.05, 4.69) is 25.6 Å². The van der Waals surface area contributed by atoms with Gasteiger partial charge in [0.05, 0.1) is 29.0 Å². The van der Waals surface area contributed by atoms with Crippen molar-refractivity contribution in [2.75, 3.05) is 13.1 Å². The standard InChI is InChI=1S/C22H20N6O/c23-8-6-20(29)27-11-3-4-16(14-27)28-19(18-5-1-2-9-24-18)12-15-13-26-22-17(21(15)28)7-10-25-22/h1-2,5,7,9-10,12-13,16H,3-4,6,11,14H2,(H,25,26)/t16-/m0/s1. The normalized spacial score (nSPS) is 16.9. The third-order valence-electron chi connectivity index (χ3n) is 5.65. The summed E-state index contributed by atoms with van der Waals surface area (Å²) in [5.74, 6) is -0.0958. The molecule has 1 aliphatic heterocycles. The number of likely N-dealkylation sites (tertiary alicyclic amines) is 1. The minimum Gasteiger partial charge on any atom is -0.346 e. The topological polar surface area (TPSA) is 90.6 Å². The van der Waals surface area contributed by atoms with E-state index in [0.29, 0.717) is 13.1 Å². The molecule has 1 amide bonds. The number of carbonyl (C=O) groups is 1. The Balaban J connectivity index is 1.69. The highest BCUT2D eigenvalue weighted by Gasteiger charge is 2.28. The molecule has 0 saturated carbocycles. The lowest BCUT2D eigenvalue weighted by Gasteiger charge is -2.34. The summed E-state index contributed by atoms with van der Waals surface area (Å²) in [6, 6.07) is 12.2. The van der Waals surface area contributed by atoms with Crippen LogP contribution >= 0.6 is 0 Å². The first-order valence-electron chi connectivity index (χ1n) is 9.79. The first kappa shape index (κ1) is 17.4. The van der Waals surface area contributed by atoms with Crippen molar-refractivity contribution in [3.63, 3.8) is 0 Å². The number of amides is 1. The number of aromatic amines is 1. The molecule has 0 aromatic carbocycles. The number of fused-ring (bicyclic) bond motifs is 3. The Morgan fingerprint density at radius 3 is 3.07 bits per heavy atom. The van der Waals surface area contributed by atoms with Crippen LogP contribution in [0.2, 0.25) is 0 Å². The van der Waals surface area contributed by atoms with Gasteiger partial charge in [-0.25, -0.2) is 4.98 Å². The third-order valence-corrected chi connectivity index (χ3v) is 5.65. The highest BCUT2D eigenvalue weighted by Crippen LogP contribution is 2.36. The number of piperidine rings is 1. The molecule has 0 radical (unpaired) electrons. The zero-order chi connectivity index (χ0) is 19.8. The van der Waals surface area contributed by atoms with Crippen molar-refractivity contribution in [1.29, 1.82) is 5.26 Å². The lowest BCUT2D eigenvalue weighted by Crippen LogP contribution is -2.40. The maximum Gasteiger partial charge on any atom is 0.236 e. The minimum atomic E-state index is -0.0958. The monoisotopic (exact) mass is 384 g/mol. The second kappa shape index (κ2) is 7.06. The van der Waals surface area contributed by atoms with E-state index in [9.17, 15) is 4.79 Å². The summed E-state index contributed by atoms with van der Waals surface area (Å²) in [6.45, 7) is 1.30. The van der Waals surface area contributed by atoms with Crippen LogP contribution < -0.4 is 0 Å². The van der Waals surface area contributed by atoms with Crippen LogP contribution in [0.5, 0.6) is 0 Å². The van der Waals surface area contributed by atoms with Crippen molar-refractivity contribution in [3.8, 4) is 17.5 Å². The molecule has 1 saturated heterocycles. The number of hydrogen-bond acceptors (Lipinski definition) is 4. The van der Waals surface area contributed by atoms with Gasteiger partial charge in [-0.05, 0) is 37.1 Å². The van der Waals surface area contributed by atoms with Crippen LogP contribution in [0.25, 0.3) is 33.3 Å². The van der Waals surface area contributed by atoms with Gasteiger partial charge in [0, 0.05) is 42.5 Å². The van der Waals surface area contributed by atoms with Gasteiger partial charge in [-0.15, -0.1) is 0 Å². The number of aromatic nitrogens is 4. The fraction of sp³-hybridized carbons (Fsp3) is 0.273. The molecule has 29 heavy (non-hydrogen) atoms. The largest absolute Gasteiger partial charge is 0.346 e. The first-order chi connectivity index (χ1) is 14.3. The van der Waals surface area contributed by atoms with E-state index in [1.165, 1.54) is 0 Å². The predicted molar refractivity (Wildman–Crippen MR) is 110 cm³/mol. The smallest absolute Gasteiger partial charge is 0.236 e. The van der Waals surface area contributed by atoms with Crippen LogP contribution in [0.4, 0.5) is 0 Å². The molecule has 0 unspecified atom stereocenters. The number of nitriles is 1. The molecule has 1 fully saturated rings. The number of rotatable bonds is 3. The van der Waals surface area contributed by atoms with Crippen molar-refractivity contribution in [1.82, 2.24) is 24.4 Å². The molecule has 7 nitrogen and oxygen atoms in total. The van der Waals surface area contributed by atoms with Crippen LogP contribution in [0.1, 0.15) is 25.3 Å². The number of H-pyrrole nitrogens is 1.